The first-order valence-electron chi connectivity index (χ1n) is 7.51. The SMILES string of the molecule is COC(=O)C(N)Cc1ccc(OC)c(COc2ccc(Cl)cc2Br)c1. The van der Waals surface area contributed by atoms with Gasteiger partial charge in [-0.3, -0.25) is 4.79 Å². The van der Waals surface area contributed by atoms with Crippen LogP contribution in [0.2, 0.25) is 5.02 Å². The maximum Gasteiger partial charge on any atom is 0.322 e. The van der Waals surface area contributed by atoms with E-state index in [9.17, 15) is 4.79 Å². The Bertz CT molecular complexity index is 754. The number of nitrogens with two attached hydrogens (primary N) is 1. The molecule has 1 unspecified atom stereocenters. The molecule has 0 bridgehead atoms. The summed E-state index contributed by atoms with van der Waals surface area (Å²) in [6.07, 6.45) is 0.369. The largest absolute Gasteiger partial charge is 0.496 e. The molecule has 0 spiro atoms. The molecule has 2 rings (SSSR count). The summed E-state index contributed by atoms with van der Waals surface area (Å²) in [5.74, 6) is 0.919. The predicted octanol–water partition coefficient (Wildman–Crippen LogP) is 3.73. The second-order valence-corrected chi connectivity index (χ2v) is 6.63. The van der Waals surface area contributed by atoms with Gasteiger partial charge in [0.15, 0.2) is 0 Å². The number of ether oxygens (including phenoxy) is 3. The third-order valence-electron chi connectivity index (χ3n) is 3.58. The van der Waals surface area contributed by atoms with Crippen molar-refractivity contribution in [2.75, 3.05) is 14.2 Å². The van der Waals surface area contributed by atoms with Gasteiger partial charge in [0.1, 0.15) is 24.1 Å². The smallest absolute Gasteiger partial charge is 0.322 e. The summed E-state index contributed by atoms with van der Waals surface area (Å²) < 4.78 is 16.6. The van der Waals surface area contributed by atoms with Crippen LogP contribution < -0.4 is 15.2 Å². The van der Waals surface area contributed by atoms with E-state index in [-0.39, 0.29) is 0 Å². The summed E-state index contributed by atoms with van der Waals surface area (Å²) in [4.78, 5) is 11.5. The van der Waals surface area contributed by atoms with Crippen LogP contribution in [0.25, 0.3) is 0 Å². The molecule has 7 heteroatoms. The number of carbonyl (C=O) groups is 1. The molecule has 0 aliphatic carbocycles. The van der Waals surface area contributed by atoms with Crippen molar-refractivity contribution in [2.45, 2.75) is 19.1 Å². The third kappa shape index (κ3) is 5.36. The first-order valence-corrected chi connectivity index (χ1v) is 8.68. The molecule has 0 aliphatic rings. The fraction of sp³-hybridized carbons (Fsp3) is 0.278. The van der Waals surface area contributed by atoms with Gasteiger partial charge in [0.05, 0.1) is 18.7 Å². The van der Waals surface area contributed by atoms with Crippen LogP contribution in [0.4, 0.5) is 0 Å². The molecule has 2 aromatic rings. The van der Waals surface area contributed by atoms with Crippen molar-refractivity contribution in [1.82, 2.24) is 0 Å². The number of carbonyl (C=O) groups excluding carboxylic acids is 1. The highest BCUT2D eigenvalue weighted by molar-refractivity contribution is 9.10. The maximum atomic E-state index is 11.5. The maximum absolute atomic E-state index is 11.5. The van der Waals surface area contributed by atoms with Gasteiger partial charge < -0.3 is 19.9 Å². The number of benzene rings is 2. The molecule has 25 heavy (non-hydrogen) atoms. The Hall–Kier alpha value is -1.76. The van der Waals surface area contributed by atoms with Gasteiger partial charge in [-0.05, 0) is 58.2 Å². The molecule has 0 saturated heterocycles. The van der Waals surface area contributed by atoms with Crippen LogP contribution in [0, 0.1) is 0 Å². The molecule has 0 aliphatic heterocycles. The Morgan fingerprint density at radius 1 is 1.20 bits per heavy atom. The lowest BCUT2D eigenvalue weighted by atomic mass is 10.0. The molecule has 1 atom stereocenters. The third-order valence-corrected chi connectivity index (χ3v) is 4.44. The minimum Gasteiger partial charge on any atom is -0.496 e. The minimum absolute atomic E-state index is 0.296. The quantitative estimate of drug-likeness (QED) is 0.680. The predicted molar refractivity (Wildman–Crippen MR) is 100 cm³/mol. The molecule has 0 radical (unpaired) electrons. The summed E-state index contributed by atoms with van der Waals surface area (Å²) >= 11 is 9.35. The molecule has 2 aromatic carbocycles. The number of halogens is 2. The molecular formula is C18H19BrClNO4. The van der Waals surface area contributed by atoms with Crippen molar-refractivity contribution in [3.63, 3.8) is 0 Å². The van der Waals surface area contributed by atoms with Gasteiger partial charge in [-0.15, -0.1) is 0 Å². The van der Waals surface area contributed by atoms with Gasteiger partial charge in [-0.25, -0.2) is 0 Å². The Labute approximate surface area is 160 Å². The van der Waals surface area contributed by atoms with Crippen molar-refractivity contribution in [3.8, 4) is 11.5 Å². The Morgan fingerprint density at radius 3 is 2.56 bits per heavy atom. The van der Waals surface area contributed by atoms with Crippen LogP contribution in [0.1, 0.15) is 11.1 Å². The summed E-state index contributed by atoms with van der Waals surface area (Å²) in [6.45, 7) is 0.296. The van der Waals surface area contributed by atoms with E-state index in [4.69, 9.17) is 26.8 Å². The first-order chi connectivity index (χ1) is 11.9. The van der Waals surface area contributed by atoms with Crippen LogP contribution in [0.5, 0.6) is 11.5 Å². The Kier molecular flexibility index (Phi) is 7.11. The van der Waals surface area contributed by atoms with Gasteiger partial charge in [0.2, 0.25) is 0 Å². The molecule has 5 nitrogen and oxygen atoms in total. The Balaban J connectivity index is 2.15. The lowest BCUT2D eigenvalue weighted by Gasteiger charge is -2.14. The molecular weight excluding hydrogens is 410 g/mol. The van der Waals surface area contributed by atoms with Crippen molar-refractivity contribution in [2.24, 2.45) is 5.73 Å². The average molecular weight is 429 g/mol. The van der Waals surface area contributed by atoms with E-state index in [0.717, 1.165) is 15.6 Å². The lowest BCUT2D eigenvalue weighted by molar-refractivity contribution is -0.142. The van der Waals surface area contributed by atoms with E-state index in [1.54, 1.807) is 25.3 Å². The van der Waals surface area contributed by atoms with E-state index < -0.39 is 12.0 Å². The van der Waals surface area contributed by atoms with Gasteiger partial charge >= 0.3 is 5.97 Å². The number of esters is 1. The summed E-state index contributed by atoms with van der Waals surface area (Å²) in [5.41, 5.74) is 7.57. The highest BCUT2D eigenvalue weighted by Crippen LogP contribution is 2.30. The standard InChI is InChI=1S/C18H19BrClNO4/c1-23-16-5-3-11(8-15(21)18(22)24-2)7-12(16)10-25-17-6-4-13(20)9-14(17)19/h3-7,9,15H,8,10,21H2,1-2H3. The van der Waals surface area contributed by atoms with Crippen molar-refractivity contribution >= 4 is 33.5 Å². The van der Waals surface area contributed by atoms with E-state index in [1.165, 1.54) is 7.11 Å². The van der Waals surface area contributed by atoms with Gasteiger partial charge in [-0.2, -0.15) is 0 Å². The Morgan fingerprint density at radius 2 is 1.92 bits per heavy atom. The molecule has 0 heterocycles. The molecule has 0 saturated carbocycles. The first kappa shape index (κ1) is 19.6. The second-order valence-electron chi connectivity index (χ2n) is 5.34. The average Bonchev–Trinajstić information content (AvgIpc) is 2.60. The van der Waals surface area contributed by atoms with Crippen LogP contribution in [-0.2, 0) is 22.6 Å². The molecule has 2 N–H and O–H groups in total. The van der Waals surface area contributed by atoms with Crippen LogP contribution in [0.3, 0.4) is 0 Å². The summed E-state index contributed by atoms with van der Waals surface area (Å²) in [6, 6.07) is 10.2. The topological polar surface area (TPSA) is 70.8 Å². The van der Waals surface area contributed by atoms with Gasteiger partial charge in [0.25, 0.3) is 0 Å². The summed E-state index contributed by atoms with van der Waals surface area (Å²) in [5, 5.41) is 0.621. The van der Waals surface area contributed by atoms with Crippen LogP contribution >= 0.6 is 27.5 Å². The number of methoxy groups -OCH3 is 2. The molecule has 0 amide bonds. The number of hydrogen-bond acceptors (Lipinski definition) is 5. The van der Waals surface area contributed by atoms with E-state index in [0.29, 0.717) is 29.5 Å². The van der Waals surface area contributed by atoms with Crippen LogP contribution in [0.15, 0.2) is 40.9 Å². The van der Waals surface area contributed by atoms with E-state index >= 15 is 0 Å². The monoisotopic (exact) mass is 427 g/mol. The fourth-order valence-corrected chi connectivity index (χ4v) is 3.11. The zero-order valence-electron chi connectivity index (χ0n) is 13.9. The number of rotatable bonds is 7. The second kappa shape index (κ2) is 9.08. The zero-order chi connectivity index (χ0) is 18.4. The fourth-order valence-electron chi connectivity index (χ4n) is 2.31. The zero-order valence-corrected chi connectivity index (χ0v) is 16.3. The molecule has 0 fully saturated rings. The normalized spacial score (nSPS) is 11.7. The van der Waals surface area contributed by atoms with Gasteiger partial charge in [0, 0.05) is 10.6 Å². The molecule has 134 valence electrons. The van der Waals surface area contributed by atoms with E-state index in [1.807, 2.05) is 18.2 Å². The van der Waals surface area contributed by atoms with Crippen molar-refractivity contribution in [3.05, 3.63) is 57.0 Å². The molecule has 0 aromatic heterocycles. The lowest BCUT2D eigenvalue weighted by Crippen LogP contribution is -2.33. The van der Waals surface area contributed by atoms with Gasteiger partial charge in [-0.1, -0.05) is 17.7 Å². The van der Waals surface area contributed by atoms with Crippen LogP contribution in [-0.4, -0.2) is 26.2 Å². The highest BCUT2D eigenvalue weighted by atomic mass is 79.9. The summed E-state index contributed by atoms with van der Waals surface area (Å²) in [7, 11) is 2.91. The highest BCUT2D eigenvalue weighted by Gasteiger charge is 2.15. The number of hydrogen-bond donors (Lipinski definition) is 1. The van der Waals surface area contributed by atoms with E-state index in [2.05, 4.69) is 20.7 Å². The van der Waals surface area contributed by atoms with Crippen molar-refractivity contribution in [1.29, 1.82) is 0 Å². The van der Waals surface area contributed by atoms with Crippen molar-refractivity contribution < 1.29 is 19.0 Å². The minimum atomic E-state index is -0.711.